The minimum atomic E-state index is -1.33. The van der Waals surface area contributed by atoms with E-state index >= 15 is 0 Å². The van der Waals surface area contributed by atoms with Gasteiger partial charge in [-0.1, -0.05) is 5.34 Å². The SMILES string of the molecule is [B]C1([B])Cc2ncc(Nc3ccncc3F)cc2C([B])(CO)N1. The predicted molar refractivity (Wildman–Crippen MR) is 87.3 cm³/mol. The van der Waals surface area contributed by atoms with Gasteiger partial charge in [0.2, 0.25) is 0 Å². The molecular weight excluding hydrogens is 292 g/mol. The number of hydrogen-bond donors (Lipinski definition) is 3. The number of aromatic nitrogens is 2. The summed E-state index contributed by atoms with van der Waals surface area (Å²) >= 11 is 0. The number of rotatable bonds is 3. The summed E-state index contributed by atoms with van der Waals surface area (Å²) in [5, 5.41) is 14.1. The maximum Gasteiger partial charge on any atom is 0.164 e. The van der Waals surface area contributed by atoms with Gasteiger partial charge in [0.05, 0.1) is 46.1 Å². The van der Waals surface area contributed by atoms with Crippen LogP contribution < -0.4 is 10.6 Å². The lowest BCUT2D eigenvalue weighted by Gasteiger charge is -2.46. The second-order valence-corrected chi connectivity index (χ2v) is 5.67. The Morgan fingerprint density at radius 3 is 2.83 bits per heavy atom. The molecule has 0 fully saturated rings. The van der Waals surface area contributed by atoms with Crippen LogP contribution in [0.3, 0.4) is 0 Å². The van der Waals surface area contributed by atoms with Crippen LogP contribution in [0.1, 0.15) is 11.3 Å². The monoisotopic (exact) mass is 304 g/mol. The van der Waals surface area contributed by atoms with Gasteiger partial charge in [-0.3, -0.25) is 9.97 Å². The number of nitrogens with zero attached hydrogens (tertiary/aromatic N) is 2. The highest BCUT2D eigenvalue weighted by atomic mass is 19.1. The first-order valence-corrected chi connectivity index (χ1v) is 6.96. The van der Waals surface area contributed by atoms with E-state index in [2.05, 4.69) is 20.6 Å². The summed E-state index contributed by atoms with van der Waals surface area (Å²) in [6.45, 7) is -0.426. The second-order valence-electron chi connectivity index (χ2n) is 5.67. The van der Waals surface area contributed by atoms with Crippen molar-refractivity contribution in [3.63, 3.8) is 0 Å². The molecule has 1 atom stereocenters. The number of aliphatic hydroxyl groups excluding tert-OH is 1. The van der Waals surface area contributed by atoms with Crippen molar-refractivity contribution >= 4 is 34.9 Å². The summed E-state index contributed by atoms with van der Waals surface area (Å²) in [5.41, 5.74) is 0.556. The average Bonchev–Trinajstić information content (AvgIpc) is 2.49. The van der Waals surface area contributed by atoms with Gasteiger partial charge >= 0.3 is 0 Å². The van der Waals surface area contributed by atoms with Crippen LogP contribution in [0.25, 0.3) is 0 Å². The summed E-state index contributed by atoms with van der Waals surface area (Å²) in [6, 6.07) is 3.18. The van der Waals surface area contributed by atoms with E-state index < -0.39 is 23.2 Å². The second kappa shape index (κ2) is 5.65. The Kier molecular flexibility index (Phi) is 3.94. The summed E-state index contributed by atoms with van der Waals surface area (Å²) in [5.74, 6) is -0.493. The first-order valence-electron chi connectivity index (χ1n) is 6.96. The summed E-state index contributed by atoms with van der Waals surface area (Å²) in [4.78, 5) is 7.98. The molecule has 0 amide bonds. The third-order valence-electron chi connectivity index (χ3n) is 3.67. The van der Waals surface area contributed by atoms with Crippen LogP contribution >= 0.6 is 0 Å². The van der Waals surface area contributed by atoms with Crippen molar-refractivity contribution in [2.45, 2.75) is 17.2 Å². The number of halogens is 1. The fourth-order valence-corrected chi connectivity index (χ4v) is 2.65. The number of aliphatic hydroxyl groups is 1. The topological polar surface area (TPSA) is 70.1 Å². The molecule has 0 bridgehead atoms. The molecule has 3 rings (SSSR count). The van der Waals surface area contributed by atoms with Crippen LogP contribution in [-0.2, 0) is 11.9 Å². The number of anilines is 2. The fraction of sp³-hybridized carbons (Fsp3) is 0.286. The summed E-state index contributed by atoms with van der Waals surface area (Å²) in [7, 11) is 17.9. The Labute approximate surface area is 137 Å². The molecule has 0 aliphatic carbocycles. The van der Waals surface area contributed by atoms with Gasteiger partial charge in [-0.05, 0) is 24.1 Å². The molecule has 2 aromatic rings. The van der Waals surface area contributed by atoms with E-state index in [1.807, 2.05) is 0 Å². The average molecular weight is 304 g/mol. The molecule has 0 saturated carbocycles. The molecule has 23 heavy (non-hydrogen) atoms. The van der Waals surface area contributed by atoms with Crippen molar-refractivity contribution in [2.75, 3.05) is 11.9 Å². The first-order chi connectivity index (χ1) is 10.8. The molecule has 6 radical (unpaired) electrons. The highest BCUT2D eigenvalue weighted by molar-refractivity contribution is 6.40. The van der Waals surface area contributed by atoms with Crippen LogP contribution in [0.4, 0.5) is 15.8 Å². The quantitative estimate of drug-likeness (QED) is 0.686. The van der Waals surface area contributed by atoms with Crippen molar-refractivity contribution in [1.29, 1.82) is 0 Å². The van der Waals surface area contributed by atoms with Crippen LogP contribution in [0.15, 0.2) is 30.7 Å². The van der Waals surface area contributed by atoms with Crippen LogP contribution in [0.5, 0.6) is 0 Å². The van der Waals surface area contributed by atoms with E-state index in [9.17, 15) is 9.50 Å². The minimum Gasteiger partial charge on any atom is -0.395 e. The van der Waals surface area contributed by atoms with Gasteiger partial charge in [0, 0.05) is 17.3 Å². The highest BCUT2D eigenvalue weighted by Gasteiger charge is 2.39. The molecule has 3 heterocycles. The lowest BCUT2D eigenvalue weighted by molar-refractivity contribution is 0.202. The third kappa shape index (κ3) is 3.11. The smallest absolute Gasteiger partial charge is 0.164 e. The van der Waals surface area contributed by atoms with Gasteiger partial charge in [-0.25, -0.2) is 4.39 Å². The number of fused-ring (bicyclic) bond motifs is 1. The standard InChI is InChI=1S/C14H12B3FN4O/c15-13(7-23)9-3-8(21-11-1-2-19-6-10(11)18)5-20-12(9)4-14(16,17)22-13/h1-3,5-6,22-23H,4,7H2,(H,19,21). The largest absolute Gasteiger partial charge is 0.395 e. The number of nitrogens with one attached hydrogen (secondary N) is 2. The van der Waals surface area contributed by atoms with Crippen LogP contribution in [-0.4, -0.2) is 50.6 Å². The first kappa shape index (κ1) is 16.0. The molecule has 1 aliphatic heterocycles. The van der Waals surface area contributed by atoms with E-state index in [0.29, 0.717) is 16.9 Å². The zero-order valence-electron chi connectivity index (χ0n) is 12.3. The molecule has 3 N–H and O–H groups in total. The van der Waals surface area contributed by atoms with E-state index in [4.69, 9.17) is 23.5 Å². The highest BCUT2D eigenvalue weighted by Crippen LogP contribution is 2.32. The van der Waals surface area contributed by atoms with Gasteiger partial charge in [-0.15, -0.1) is 0 Å². The maximum atomic E-state index is 13.7. The molecule has 1 unspecified atom stereocenters. The Hall–Kier alpha value is -1.86. The van der Waals surface area contributed by atoms with E-state index in [1.54, 1.807) is 6.07 Å². The molecule has 0 saturated heterocycles. The Morgan fingerprint density at radius 1 is 1.35 bits per heavy atom. The van der Waals surface area contributed by atoms with Crippen molar-refractivity contribution in [3.8, 4) is 0 Å². The van der Waals surface area contributed by atoms with E-state index in [-0.39, 0.29) is 12.1 Å². The van der Waals surface area contributed by atoms with Crippen molar-refractivity contribution in [3.05, 3.63) is 47.8 Å². The molecule has 0 aromatic carbocycles. The normalized spacial score (nSPS) is 22.3. The molecule has 1 aliphatic rings. The zero-order valence-corrected chi connectivity index (χ0v) is 12.3. The lowest BCUT2D eigenvalue weighted by atomic mass is 9.53. The number of pyridine rings is 2. The summed E-state index contributed by atoms with van der Waals surface area (Å²) < 4.78 is 13.7. The van der Waals surface area contributed by atoms with Crippen molar-refractivity contribution in [2.24, 2.45) is 0 Å². The molecule has 0 spiro atoms. The van der Waals surface area contributed by atoms with Gasteiger partial charge in [-0.2, -0.15) is 0 Å². The molecular formula is C14H12B3FN4O. The van der Waals surface area contributed by atoms with Crippen LogP contribution in [0.2, 0.25) is 0 Å². The molecule has 5 nitrogen and oxygen atoms in total. The molecule has 2 aromatic heterocycles. The molecule has 110 valence electrons. The van der Waals surface area contributed by atoms with Gasteiger partial charge in [0.1, 0.15) is 7.85 Å². The van der Waals surface area contributed by atoms with Crippen molar-refractivity contribution < 1.29 is 9.50 Å². The third-order valence-corrected chi connectivity index (χ3v) is 3.67. The molecule has 9 heteroatoms. The van der Waals surface area contributed by atoms with Gasteiger partial charge in [0.25, 0.3) is 0 Å². The zero-order chi connectivity index (χ0) is 16.7. The van der Waals surface area contributed by atoms with E-state index in [0.717, 1.165) is 6.20 Å². The van der Waals surface area contributed by atoms with Crippen molar-refractivity contribution in [1.82, 2.24) is 15.3 Å². The summed E-state index contributed by atoms with van der Waals surface area (Å²) in [6.07, 6.45) is 4.34. The maximum absolute atomic E-state index is 13.7. The van der Waals surface area contributed by atoms with Gasteiger partial charge < -0.3 is 15.7 Å². The lowest BCUT2D eigenvalue weighted by Crippen LogP contribution is -2.64. The Balaban J connectivity index is 1.99. The van der Waals surface area contributed by atoms with E-state index in [1.165, 1.54) is 18.5 Å². The van der Waals surface area contributed by atoms with Gasteiger partial charge in [0.15, 0.2) is 5.82 Å². The predicted octanol–water partition coefficient (Wildman–Crippen LogP) is -0.191. The van der Waals surface area contributed by atoms with Crippen LogP contribution in [0, 0.1) is 5.82 Å². The number of hydrogen-bond acceptors (Lipinski definition) is 5. The minimum absolute atomic E-state index is 0.241. The Bertz CT molecular complexity index is 746. The Morgan fingerprint density at radius 2 is 2.13 bits per heavy atom. The fourth-order valence-electron chi connectivity index (χ4n) is 2.65.